The summed E-state index contributed by atoms with van der Waals surface area (Å²) in [7, 11) is 1.33. The molecule has 24 heavy (non-hydrogen) atoms. The fraction of sp³-hybridized carbons (Fsp3) is 0.176. The molecule has 0 saturated heterocycles. The molecular weight excluding hydrogens is 316 g/mol. The summed E-state index contributed by atoms with van der Waals surface area (Å²) in [6.07, 6.45) is 0.481. The van der Waals surface area contributed by atoms with E-state index in [-0.39, 0.29) is 17.1 Å². The summed E-state index contributed by atoms with van der Waals surface area (Å²) >= 11 is 0. The van der Waals surface area contributed by atoms with Crippen LogP contribution in [0.5, 0.6) is 23.0 Å². The van der Waals surface area contributed by atoms with E-state index in [0.29, 0.717) is 11.8 Å². The number of carboxylic acids is 1. The summed E-state index contributed by atoms with van der Waals surface area (Å²) in [6, 6.07) is 7.68. The highest BCUT2D eigenvalue weighted by Crippen LogP contribution is 2.38. The lowest BCUT2D eigenvalue weighted by atomic mass is 9.82. The SMILES string of the molecule is COc1cc(C(C=O)C(C(=O)O)c2ccc(O)c(O)c2)ccc1O. The Balaban J connectivity index is 2.53. The Hall–Kier alpha value is -3.22. The number of aldehydes is 1. The van der Waals surface area contributed by atoms with Crippen LogP contribution in [0.3, 0.4) is 0 Å². The van der Waals surface area contributed by atoms with Crippen molar-refractivity contribution in [1.82, 2.24) is 0 Å². The Morgan fingerprint density at radius 2 is 1.62 bits per heavy atom. The van der Waals surface area contributed by atoms with Gasteiger partial charge < -0.3 is 30.0 Å². The molecule has 0 amide bonds. The fourth-order valence-electron chi connectivity index (χ4n) is 2.49. The Bertz CT molecular complexity index is 770. The Kier molecular flexibility index (Phi) is 4.93. The van der Waals surface area contributed by atoms with Crippen LogP contribution in [0.4, 0.5) is 0 Å². The van der Waals surface area contributed by atoms with E-state index >= 15 is 0 Å². The van der Waals surface area contributed by atoms with Gasteiger partial charge in [-0.15, -0.1) is 0 Å². The minimum Gasteiger partial charge on any atom is -0.504 e. The number of phenols is 3. The van der Waals surface area contributed by atoms with Crippen molar-refractivity contribution >= 4 is 12.3 Å². The van der Waals surface area contributed by atoms with Crippen molar-refractivity contribution in [3.63, 3.8) is 0 Å². The highest BCUT2D eigenvalue weighted by Gasteiger charge is 2.32. The van der Waals surface area contributed by atoms with Crippen LogP contribution in [-0.4, -0.2) is 39.8 Å². The molecule has 2 atom stereocenters. The molecule has 0 saturated carbocycles. The lowest BCUT2D eigenvalue weighted by Crippen LogP contribution is -2.21. The first kappa shape index (κ1) is 17.1. The molecule has 0 radical (unpaired) electrons. The van der Waals surface area contributed by atoms with Crippen LogP contribution in [-0.2, 0) is 9.59 Å². The van der Waals surface area contributed by atoms with Crippen molar-refractivity contribution < 1.29 is 34.8 Å². The third-order valence-corrected chi connectivity index (χ3v) is 3.72. The summed E-state index contributed by atoms with van der Waals surface area (Å²) in [4.78, 5) is 23.3. The van der Waals surface area contributed by atoms with Crippen LogP contribution in [0.1, 0.15) is 23.0 Å². The molecule has 126 valence electrons. The molecule has 0 aliphatic heterocycles. The van der Waals surface area contributed by atoms with Crippen molar-refractivity contribution in [1.29, 1.82) is 0 Å². The van der Waals surface area contributed by atoms with E-state index in [2.05, 4.69) is 0 Å². The minimum absolute atomic E-state index is 0.108. The molecule has 2 aromatic rings. The molecule has 2 rings (SSSR count). The van der Waals surface area contributed by atoms with E-state index < -0.39 is 29.3 Å². The molecule has 2 unspecified atom stereocenters. The van der Waals surface area contributed by atoms with Crippen molar-refractivity contribution in [3.05, 3.63) is 47.5 Å². The monoisotopic (exact) mass is 332 g/mol. The van der Waals surface area contributed by atoms with Gasteiger partial charge in [-0.3, -0.25) is 4.79 Å². The summed E-state index contributed by atoms with van der Waals surface area (Å²) in [5.74, 6) is -4.55. The molecule has 0 heterocycles. The zero-order valence-corrected chi connectivity index (χ0v) is 12.7. The van der Waals surface area contributed by atoms with Crippen LogP contribution in [0.2, 0.25) is 0 Å². The van der Waals surface area contributed by atoms with E-state index in [1.54, 1.807) is 0 Å². The van der Waals surface area contributed by atoms with E-state index in [4.69, 9.17) is 4.74 Å². The average molecular weight is 332 g/mol. The number of hydrogen-bond donors (Lipinski definition) is 4. The number of carboxylic acid groups (broad SMARTS) is 1. The predicted octanol–water partition coefficient (Wildman–Crippen LogP) is 1.96. The van der Waals surface area contributed by atoms with Crippen LogP contribution in [0, 0.1) is 0 Å². The topological polar surface area (TPSA) is 124 Å². The number of rotatable bonds is 6. The van der Waals surface area contributed by atoms with Gasteiger partial charge in [0.1, 0.15) is 6.29 Å². The molecule has 4 N–H and O–H groups in total. The second kappa shape index (κ2) is 6.91. The summed E-state index contributed by atoms with van der Waals surface area (Å²) in [6.45, 7) is 0. The lowest BCUT2D eigenvalue weighted by Gasteiger charge is -2.21. The molecule has 0 aromatic heterocycles. The maximum Gasteiger partial charge on any atom is 0.312 e. The van der Waals surface area contributed by atoms with Crippen LogP contribution >= 0.6 is 0 Å². The first-order chi connectivity index (χ1) is 11.4. The van der Waals surface area contributed by atoms with E-state index in [9.17, 15) is 30.0 Å². The highest BCUT2D eigenvalue weighted by molar-refractivity contribution is 5.84. The number of ether oxygens (including phenoxy) is 1. The first-order valence-electron chi connectivity index (χ1n) is 6.96. The predicted molar refractivity (Wildman–Crippen MR) is 83.6 cm³/mol. The second-order valence-corrected chi connectivity index (χ2v) is 5.16. The van der Waals surface area contributed by atoms with Gasteiger partial charge >= 0.3 is 5.97 Å². The average Bonchev–Trinajstić information content (AvgIpc) is 2.55. The van der Waals surface area contributed by atoms with E-state index in [0.717, 1.165) is 12.1 Å². The molecule has 0 aliphatic carbocycles. The molecule has 2 aromatic carbocycles. The van der Waals surface area contributed by atoms with E-state index in [1.165, 1.54) is 31.4 Å². The van der Waals surface area contributed by atoms with Crippen LogP contribution < -0.4 is 4.74 Å². The largest absolute Gasteiger partial charge is 0.504 e. The fourth-order valence-corrected chi connectivity index (χ4v) is 2.49. The molecule has 0 spiro atoms. The number of phenolic OH excluding ortho intramolecular Hbond substituents is 3. The minimum atomic E-state index is -1.29. The molecular formula is C17H16O7. The van der Waals surface area contributed by atoms with Gasteiger partial charge in [0, 0.05) is 0 Å². The van der Waals surface area contributed by atoms with Crippen molar-refractivity contribution in [2.45, 2.75) is 11.8 Å². The number of aliphatic carboxylic acids is 1. The van der Waals surface area contributed by atoms with Gasteiger partial charge in [0.15, 0.2) is 23.0 Å². The van der Waals surface area contributed by atoms with Crippen molar-refractivity contribution in [2.24, 2.45) is 0 Å². The zero-order valence-electron chi connectivity index (χ0n) is 12.7. The smallest absolute Gasteiger partial charge is 0.312 e. The van der Waals surface area contributed by atoms with E-state index in [1.807, 2.05) is 0 Å². The maximum absolute atomic E-state index is 11.7. The number of benzene rings is 2. The van der Waals surface area contributed by atoms with Crippen LogP contribution in [0.25, 0.3) is 0 Å². The van der Waals surface area contributed by atoms with Gasteiger partial charge in [0.25, 0.3) is 0 Å². The Morgan fingerprint density at radius 1 is 1.00 bits per heavy atom. The maximum atomic E-state index is 11.7. The van der Waals surface area contributed by atoms with Crippen LogP contribution in [0.15, 0.2) is 36.4 Å². The quantitative estimate of drug-likeness (QED) is 0.471. The normalized spacial score (nSPS) is 13.0. The first-order valence-corrected chi connectivity index (χ1v) is 6.96. The second-order valence-electron chi connectivity index (χ2n) is 5.16. The molecule has 0 fully saturated rings. The summed E-state index contributed by atoms with van der Waals surface area (Å²) in [5.41, 5.74) is 0.488. The number of aromatic hydroxyl groups is 3. The molecule has 7 nitrogen and oxygen atoms in total. The standard InChI is InChI=1S/C17H16O7/c1-24-15-7-9(2-5-13(15)20)11(8-18)16(17(22)23)10-3-4-12(19)14(21)6-10/h2-8,11,16,19-21H,1H3,(H,22,23). The van der Waals surface area contributed by atoms with Gasteiger partial charge in [-0.25, -0.2) is 0 Å². The van der Waals surface area contributed by atoms with Gasteiger partial charge in [0.2, 0.25) is 0 Å². The Labute approximate surface area is 137 Å². The third kappa shape index (κ3) is 3.24. The number of carbonyl (C=O) groups excluding carboxylic acids is 1. The Morgan fingerprint density at radius 3 is 2.17 bits per heavy atom. The van der Waals surface area contributed by atoms with Gasteiger partial charge in [-0.1, -0.05) is 12.1 Å². The van der Waals surface area contributed by atoms with Gasteiger partial charge in [0.05, 0.1) is 18.9 Å². The number of hydrogen-bond acceptors (Lipinski definition) is 6. The van der Waals surface area contributed by atoms with Crippen molar-refractivity contribution in [3.8, 4) is 23.0 Å². The van der Waals surface area contributed by atoms with Crippen molar-refractivity contribution in [2.75, 3.05) is 7.11 Å². The number of methoxy groups -OCH3 is 1. The zero-order chi connectivity index (χ0) is 17.9. The number of carbonyl (C=O) groups is 2. The van der Waals surface area contributed by atoms with Gasteiger partial charge in [-0.05, 0) is 35.4 Å². The summed E-state index contributed by atoms with van der Waals surface area (Å²) in [5, 5.41) is 38.1. The lowest BCUT2D eigenvalue weighted by molar-refractivity contribution is -0.140. The highest BCUT2D eigenvalue weighted by atomic mass is 16.5. The summed E-state index contributed by atoms with van der Waals surface area (Å²) < 4.78 is 4.97. The molecule has 0 aliphatic rings. The third-order valence-electron chi connectivity index (χ3n) is 3.72. The van der Waals surface area contributed by atoms with Gasteiger partial charge in [-0.2, -0.15) is 0 Å². The molecule has 7 heteroatoms. The molecule has 0 bridgehead atoms.